The fourth-order valence-corrected chi connectivity index (χ4v) is 2.42. The molecule has 0 amide bonds. The van der Waals surface area contributed by atoms with E-state index in [1.54, 1.807) is 0 Å². The van der Waals surface area contributed by atoms with Crippen LogP contribution in [0.5, 0.6) is 0 Å². The SMILES string of the molecule is CC(C)(C)c1csc(Nc2ncc(C(=O)O)cc2N)n1. The average Bonchev–Trinajstić information content (AvgIpc) is 2.80. The van der Waals surface area contributed by atoms with Crippen LogP contribution in [0, 0.1) is 0 Å². The molecule has 0 bridgehead atoms. The van der Waals surface area contributed by atoms with Crippen LogP contribution in [0.15, 0.2) is 17.6 Å². The molecule has 4 N–H and O–H groups in total. The van der Waals surface area contributed by atoms with Crippen LogP contribution in [0.3, 0.4) is 0 Å². The van der Waals surface area contributed by atoms with Crippen LogP contribution < -0.4 is 11.1 Å². The van der Waals surface area contributed by atoms with Crippen molar-refractivity contribution in [1.29, 1.82) is 0 Å². The molecule has 0 radical (unpaired) electrons. The number of nitrogens with two attached hydrogens (primary N) is 1. The first kappa shape index (κ1) is 14.3. The Balaban J connectivity index is 2.22. The molecule has 2 heterocycles. The fraction of sp³-hybridized carbons (Fsp3) is 0.308. The molecule has 0 aromatic carbocycles. The normalized spacial score (nSPS) is 11.3. The van der Waals surface area contributed by atoms with Gasteiger partial charge in [0.25, 0.3) is 0 Å². The minimum Gasteiger partial charge on any atom is -0.478 e. The summed E-state index contributed by atoms with van der Waals surface area (Å²) in [5.41, 5.74) is 7.07. The van der Waals surface area contributed by atoms with Crippen molar-refractivity contribution >= 4 is 33.9 Å². The third-order valence-corrected chi connectivity index (χ3v) is 3.42. The zero-order chi connectivity index (χ0) is 14.9. The van der Waals surface area contributed by atoms with E-state index < -0.39 is 5.97 Å². The zero-order valence-corrected chi connectivity index (χ0v) is 12.3. The summed E-state index contributed by atoms with van der Waals surface area (Å²) >= 11 is 1.46. The van der Waals surface area contributed by atoms with Crippen molar-refractivity contribution in [2.45, 2.75) is 26.2 Å². The summed E-state index contributed by atoms with van der Waals surface area (Å²) in [6, 6.07) is 1.37. The number of nitrogens with zero attached hydrogens (tertiary/aromatic N) is 2. The van der Waals surface area contributed by atoms with Gasteiger partial charge in [-0.15, -0.1) is 11.3 Å². The van der Waals surface area contributed by atoms with Crippen molar-refractivity contribution in [1.82, 2.24) is 9.97 Å². The number of rotatable bonds is 3. The molecule has 0 saturated carbocycles. The maximum absolute atomic E-state index is 10.8. The van der Waals surface area contributed by atoms with Gasteiger partial charge in [0.2, 0.25) is 0 Å². The standard InChI is InChI=1S/C13H16N4O2S/c1-13(2,3)9-6-20-12(16-9)17-10-8(14)4-7(5-15-10)11(18)19/h4-6H,14H2,1-3H3,(H,18,19)(H,15,16,17). The van der Waals surface area contributed by atoms with Gasteiger partial charge >= 0.3 is 5.97 Å². The maximum Gasteiger partial charge on any atom is 0.337 e. The quantitative estimate of drug-likeness (QED) is 0.804. The van der Waals surface area contributed by atoms with Crippen molar-refractivity contribution in [2.24, 2.45) is 0 Å². The summed E-state index contributed by atoms with van der Waals surface area (Å²) in [4.78, 5) is 19.3. The molecule has 0 aliphatic heterocycles. The Kier molecular flexibility index (Phi) is 3.63. The van der Waals surface area contributed by atoms with Crippen LogP contribution in [0.2, 0.25) is 0 Å². The van der Waals surface area contributed by atoms with Crippen LogP contribution in [0.25, 0.3) is 0 Å². The van der Waals surface area contributed by atoms with E-state index in [1.165, 1.54) is 23.6 Å². The number of hydrogen-bond acceptors (Lipinski definition) is 6. The van der Waals surface area contributed by atoms with Gasteiger partial charge in [0, 0.05) is 17.0 Å². The minimum atomic E-state index is -1.06. The molecule has 2 aromatic rings. The first-order chi connectivity index (χ1) is 9.27. The molecule has 0 unspecified atom stereocenters. The number of aromatic carboxylic acids is 1. The predicted molar refractivity (Wildman–Crippen MR) is 79.7 cm³/mol. The number of pyridine rings is 1. The second-order valence-electron chi connectivity index (χ2n) is 5.38. The van der Waals surface area contributed by atoms with E-state index in [9.17, 15) is 4.79 Å². The van der Waals surface area contributed by atoms with Gasteiger partial charge in [0.05, 0.1) is 16.9 Å². The molecule has 2 aromatic heterocycles. The number of carbonyl (C=O) groups is 1. The molecule has 20 heavy (non-hydrogen) atoms. The molecule has 0 saturated heterocycles. The number of aromatic nitrogens is 2. The molecular formula is C13H16N4O2S. The van der Waals surface area contributed by atoms with Gasteiger partial charge in [0.1, 0.15) is 0 Å². The third-order valence-electron chi connectivity index (χ3n) is 2.66. The van der Waals surface area contributed by atoms with Gasteiger partial charge in [-0.2, -0.15) is 0 Å². The number of nitrogen functional groups attached to an aromatic ring is 1. The lowest BCUT2D eigenvalue weighted by Crippen LogP contribution is -2.11. The lowest BCUT2D eigenvalue weighted by Gasteiger charge is -2.14. The van der Waals surface area contributed by atoms with Crippen LogP contribution >= 0.6 is 11.3 Å². The van der Waals surface area contributed by atoms with Gasteiger partial charge in [-0.25, -0.2) is 14.8 Å². The summed E-state index contributed by atoms with van der Waals surface area (Å²) in [5, 5.41) is 14.5. The van der Waals surface area contributed by atoms with E-state index in [-0.39, 0.29) is 16.7 Å². The van der Waals surface area contributed by atoms with Gasteiger partial charge < -0.3 is 16.2 Å². The number of hydrogen-bond donors (Lipinski definition) is 3. The van der Waals surface area contributed by atoms with Crippen LogP contribution in [0.1, 0.15) is 36.8 Å². The Hall–Kier alpha value is -2.15. The molecule has 2 rings (SSSR count). The highest BCUT2D eigenvalue weighted by Crippen LogP contribution is 2.29. The molecule has 0 aliphatic carbocycles. The average molecular weight is 292 g/mol. The Bertz CT molecular complexity index is 646. The third kappa shape index (κ3) is 3.05. The van der Waals surface area contributed by atoms with E-state index >= 15 is 0 Å². The molecular weight excluding hydrogens is 276 g/mol. The number of thiazole rings is 1. The van der Waals surface area contributed by atoms with Crippen molar-refractivity contribution in [3.8, 4) is 0 Å². The summed E-state index contributed by atoms with van der Waals surface area (Å²) < 4.78 is 0. The maximum atomic E-state index is 10.8. The highest BCUT2D eigenvalue weighted by Gasteiger charge is 2.18. The van der Waals surface area contributed by atoms with Crippen LogP contribution in [-0.4, -0.2) is 21.0 Å². The molecule has 0 spiro atoms. The zero-order valence-electron chi connectivity index (χ0n) is 11.5. The molecule has 7 heteroatoms. The van der Waals surface area contributed by atoms with E-state index in [1.807, 2.05) is 5.38 Å². The lowest BCUT2D eigenvalue weighted by molar-refractivity contribution is 0.0696. The number of carboxylic acids is 1. The van der Waals surface area contributed by atoms with Gasteiger partial charge in [0.15, 0.2) is 10.9 Å². The Labute approximate surface area is 120 Å². The summed E-state index contributed by atoms with van der Waals surface area (Å²) in [6.07, 6.45) is 1.26. The first-order valence-electron chi connectivity index (χ1n) is 5.99. The van der Waals surface area contributed by atoms with E-state index in [0.29, 0.717) is 10.9 Å². The molecule has 0 aliphatic rings. The van der Waals surface area contributed by atoms with Crippen LogP contribution in [-0.2, 0) is 5.41 Å². The van der Waals surface area contributed by atoms with E-state index in [2.05, 4.69) is 36.1 Å². The molecule has 0 fully saturated rings. The summed E-state index contributed by atoms with van der Waals surface area (Å²) in [7, 11) is 0. The van der Waals surface area contributed by atoms with Crippen molar-refractivity contribution in [3.05, 3.63) is 28.9 Å². The van der Waals surface area contributed by atoms with Crippen molar-refractivity contribution in [2.75, 3.05) is 11.1 Å². The first-order valence-corrected chi connectivity index (χ1v) is 6.87. The number of carboxylic acid groups (broad SMARTS) is 1. The summed E-state index contributed by atoms with van der Waals surface area (Å²) in [6.45, 7) is 6.25. The fourth-order valence-electron chi connectivity index (χ4n) is 1.48. The van der Waals surface area contributed by atoms with E-state index in [0.717, 1.165) is 5.69 Å². The largest absolute Gasteiger partial charge is 0.478 e. The van der Waals surface area contributed by atoms with Gasteiger partial charge in [-0.3, -0.25) is 0 Å². The van der Waals surface area contributed by atoms with Gasteiger partial charge in [-0.05, 0) is 6.07 Å². The smallest absolute Gasteiger partial charge is 0.337 e. The molecule has 6 nitrogen and oxygen atoms in total. The number of anilines is 3. The Morgan fingerprint density at radius 1 is 1.45 bits per heavy atom. The Morgan fingerprint density at radius 2 is 2.15 bits per heavy atom. The topological polar surface area (TPSA) is 101 Å². The highest BCUT2D eigenvalue weighted by molar-refractivity contribution is 7.13. The Morgan fingerprint density at radius 3 is 2.65 bits per heavy atom. The van der Waals surface area contributed by atoms with Crippen molar-refractivity contribution in [3.63, 3.8) is 0 Å². The van der Waals surface area contributed by atoms with Gasteiger partial charge in [-0.1, -0.05) is 20.8 Å². The monoisotopic (exact) mass is 292 g/mol. The van der Waals surface area contributed by atoms with Crippen molar-refractivity contribution < 1.29 is 9.90 Å². The lowest BCUT2D eigenvalue weighted by atomic mass is 9.93. The second kappa shape index (κ2) is 5.09. The number of nitrogens with one attached hydrogen (secondary N) is 1. The van der Waals surface area contributed by atoms with E-state index in [4.69, 9.17) is 10.8 Å². The summed E-state index contributed by atoms with van der Waals surface area (Å²) in [5.74, 6) is -0.648. The minimum absolute atomic E-state index is 0.0252. The molecule has 0 atom stereocenters. The highest BCUT2D eigenvalue weighted by atomic mass is 32.1. The molecule has 106 valence electrons. The van der Waals surface area contributed by atoms with Crippen LogP contribution in [0.4, 0.5) is 16.6 Å². The predicted octanol–water partition coefficient (Wildman–Crippen LogP) is 2.86. The second-order valence-corrected chi connectivity index (χ2v) is 6.24.